The molecule has 1 fully saturated rings. The Labute approximate surface area is 136 Å². The number of carbonyl (C=O) groups excluding carboxylic acids is 1. The van der Waals surface area contributed by atoms with Crippen molar-refractivity contribution in [3.63, 3.8) is 0 Å². The van der Waals surface area contributed by atoms with E-state index < -0.39 is 15.9 Å². The van der Waals surface area contributed by atoms with Gasteiger partial charge in [-0.25, -0.2) is 18.6 Å². The third kappa shape index (κ3) is 4.57. The van der Waals surface area contributed by atoms with Crippen LogP contribution >= 0.6 is 12.4 Å². The van der Waals surface area contributed by atoms with E-state index in [1.165, 1.54) is 25.3 Å². The van der Waals surface area contributed by atoms with Gasteiger partial charge in [0.2, 0.25) is 10.0 Å². The molecule has 3 N–H and O–H groups in total. The van der Waals surface area contributed by atoms with E-state index in [-0.39, 0.29) is 22.9 Å². The summed E-state index contributed by atoms with van der Waals surface area (Å²) < 4.78 is 27.9. The molecule has 22 heavy (non-hydrogen) atoms. The number of methoxy groups -OCH3 is 1. The van der Waals surface area contributed by atoms with Crippen molar-refractivity contribution in [1.82, 2.24) is 10.4 Å². The molecule has 0 aliphatic carbocycles. The quantitative estimate of drug-likeness (QED) is 0.840. The van der Waals surface area contributed by atoms with Crippen molar-refractivity contribution in [2.75, 3.05) is 20.2 Å². The predicted molar refractivity (Wildman–Crippen MR) is 84.5 cm³/mol. The lowest BCUT2D eigenvalue weighted by Gasteiger charge is -2.27. The van der Waals surface area contributed by atoms with E-state index in [4.69, 9.17) is 9.88 Å². The van der Waals surface area contributed by atoms with Crippen LogP contribution in [0.2, 0.25) is 0 Å². The number of ether oxygens (including phenoxy) is 1. The first-order valence-corrected chi connectivity index (χ1v) is 8.23. The Balaban J connectivity index is 0.00000242. The largest absolute Gasteiger partial charge is 0.496 e. The second-order valence-corrected chi connectivity index (χ2v) is 6.46. The van der Waals surface area contributed by atoms with Crippen molar-refractivity contribution in [3.8, 4) is 5.75 Å². The van der Waals surface area contributed by atoms with E-state index in [0.29, 0.717) is 5.75 Å². The summed E-state index contributed by atoms with van der Waals surface area (Å²) in [5.74, 6) is -0.101. The van der Waals surface area contributed by atoms with Gasteiger partial charge in [-0.3, -0.25) is 10.2 Å². The molecule has 124 valence electrons. The number of halogens is 1. The monoisotopic (exact) mass is 349 g/mol. The number of benzene rings is 1. The molecule has 9 heteroatoms. The molecule has 0 unspecified atom stereocenters. The average molecular weight is 350 g/mol. The molecule has 1 aliphatic rings. The minimum atomic E-state index is -3.87. The molecule has 1 amide bonds. The number of nitrogens with one attached hydrogen (secondary N) is 1. The number of rotatable bonds is 4. The minimum absolute atomic E-state index is 0. The number of nitrogens with zero attached hydrogens (tertiary/aromatic N) is 1. The molecule has 1 heterocycles. The molecule has 7 nitrogen and oxygen atoms in total. The maximum Gasteiger partial charge on any atom is 0.269 e. The highest BCUT2D eigenvalue weighted by Gasteiger charge is 2.20. The van der Waals surface area contributed by atoms with Gasteiger partial charge in [0.15, 0.2) is 0 Å². The summed E-state index contributed by atoms with van der Waals surface area (Å²) in [5, 5.41) is 6.92. The Bertz CT molecular complexity index is 630. The maximum atomic E-state index is 12.3. The molecule has 1 aliphatic heterocycles. The summed E-state index contributed by atoms with van der Waals surface area (Å²) in [6.07, 6.45) is 3.19. The van der Waals surface area contributed by atoms with Gasteiger partial charge in [-0.15, -0.1) is 12.4 Å². The van der Waals surface area contributed by atoms with Gasteiger partial charge in [-0.1, -0.05) is 6.42 Å². The summed E-state index contributed by atoms with van der Waals surface area (Å²) in [6.45, 7) is 1.56. The Morgan fingerprint density at radius 2 is 1.91 bits per heavy atom. The number of hydrogen-bond donors (Lipinski definition) is 2. The van der Waals surface area contributed by atoms with Crippen molar-refractivity contribution in [2.45, 2.75) is 24.2 Å². The fourth-order valence-corrected chi connectivity index (χ4v) is 2.79. The standard InChI is InChI=1S/C13H19N3O4S.ClH/c1-20-12-6-5-10(21(14,18)19)9-11(12)13(17)15-16-7-3-2-4-8-16;/h5-6,9H,2-4,7-8H2,1H3,(H,15,17)(H2,14,18,19);1H. The second kappa shape index (κ2) is 7.77. The van der Waals surface area contributed by atoms with Crippen molar-refractivity contribution < 1.29 is 17.9 Å². The van der Waals surface area contributed by atoms with Gasteiger partial charge in [0.05, 0.1) is 17.6 Å². The van der Waals surface area contributed by atoms with Gasteiger partial charge >= 0.3 is 0 Å². The van der Waals surface area contributed by atoms with Gasteiger partial charge in [0, 0.05) is 13.1 Å². The van der Waals surface area contributed by atoms with Gasteiger partial charge < -0.3 is 4.74 Å². The molecule has 0 radical (unpaired) electrons. The summed E-state index contributed by atoms with van der Waals surface area (Å²) in [4.78, 5) is 12.2. The smallest absolute Gasteiger partial charge is 0.269 e. The molecule has 0 saturated carbocycles. The van der Waals surface area contributed by atoms with Crippen molar-refractivity contribution >= 4 is 28.3 Å². The fourth-order valence-electron chi connectivity index (χ4n) is 2.25. The van der Waals surface area contributed by atoms with Gasteiger partial charge in [-0.2, -0.15) is 0 Å². The molecule has 0 aromatic heterocycles. The van der Waals surface area contributed by atoms with E-state index in [2.05, 4.69) is 5.43 Å². The number of piperidine rings is 1. The fraction of sp³-hybridized carbons (Fsp3) is 0.462. The zero-order chi connectivity index (χ0) is 15.5. The van der Waals surface area contributed by atoms with Crippen LogP contribution in [0.25, 0.3) is 0 Å². The van der Waals surface area contributed by atoms with Crippen LogP contribution < -0.4 is 15.3 Å². The zero-order valence-corrected chi connectivity index (χ0v) is 13.9. The lowest BCUT2D eigenvalue weighted by molar-refractivity contribution is 0.0747. The van der Waals surface area contributed by atoms with E-state index in [1.54, 1.807) is 0 Å². The first kappa shape index (κ1) is 18.7. The summed E-state index contributed by atoms with van der Waals surface area (Å²) >= 11 is 0. The lowest BCUT2D eigenvalue weighted by Crippen LogP contribution is -2.45. The van der Waals surface area contributed by atoms with Crippen molar-refractivity contribution in [2.24, 2.45) is 5.14 Å². The zero-order valence-electron chi connectivity index (χ0n) is 12.2. The van der Waals surface area contributed by atoms with Crippen LogP contribution in [0, 0.1) is 0 Å². The Morgan fingerprint density at radius 1 is 1.27 bits per heavy atom. The third-order valence-corrected chi connectivity index (χ3v) is 4.27. The number of nitrogens with two attached hydrogens (primary N) is 1. The van der Waals surface area contributed by atoms with Crippen LogP contribution in [0.3, 0.4) is 0 Å². The highest BCUT2D eigenvalue weighted by atomic mass is 35.5. The minimum Gasteiger partial charge on any atom is -0.496 e. The van der Waals surface area contributed by atoms with Crippen LogP contribution in [0.1, 0.15) is 29.6 Å². The molecule has 0 bridgehead atoms. The van der Waals surface area contributed by atoms with Crippen LogP contribution in [0.5, 0.6) is 5.75 Å². The molecule has 2 rings (SSSR count). The maximum absolute atomic E-state index is 12.3. The van der Waals surface area contributed by atoms with Crippen LogP contribution in [-0.2, 0) is 10.0 Å². The van der Waals surface area contributed by atoms with Gasteiger partial charge in [0.1, 0.15) is 5.75 Å². The van der Waals surface area contributed by atoms with E-state index >= 15 is 0 Å². The molecule has 1 saturated heterocycles. The summed E-state index contributed by atoms with van der Waals surface area (Å²) in [6, 6.07) is 3.96. The van der Waals surface area contributed by atoms with Crippen LogP contribution in [-0.4, -0.2) is 39.5 Å². The number of sulfonamides is 1. The topological polar surface area (TPSA) is 102 Å². The second-order valence-electron chi connectivity index (χ2n) is 4.90. The van der Waals surface area contributed by atoms with Crippen molar-refractivity contribution in [1.29, 1.82) is 0 Å². The summed E-state index contributed by atoms with van der Waals surface area (Å²) in [7, 11) is -2.45. The molecule has 0 spiro atoms. The molecular formula is C13H20ClN3O4S. The lowest BCUT2D eigenvalue weighted by atomic mass is 10.1. The van der Waals surface area contributed by atoms with Gasteiger partial charge in [0.25, 0.3) is 5.91 Å². The van der Waals surface area contributed by atoms with E-state index in [1.807, 2.05) is 5.01 Å². The molecule has 1 aromatic rings. The van der Waals surface area contributed by atoms with Crippen molar-refractivity contribution in [3.05, 3.63) is 23.8 Å². The highest BCUT2D eigenvalue weighted by Crippen LogP contribution is 2.22. The predicted octanol–water partition coefficient (Wildman–Crippen LogP) is 0.895. The number of amides is 1. The Hall–Kier alpha value is -1.35. The molecule has 0 atom stereocenters. The van der Waals surface area contributed by atoms with E-state index in [9.17, 15) is 13.2 Å². The first-order valence-electron chi connectivity index (χ1n) is 6.68. The normalized spacial score (nSPS) is 15.7. The number of hydrogen-bond acceptors (Lipinski definition) is 5. The SMILES string of the molecule is COc1ccc(S(N)(=O)=O)cc1C(=O)NN1CCCCC1.Cl. The summed E-state index contributed by atoms with van der Waals surface area (Å²) in [5.41, 5.74) is 2.92. The third-order valence-electron chi connectivity index (χ3n) is 3.36. The molecular weight excluding hydrogens is 330 g/mol. The number of hydrazine groups is 1. The first-order chi connectivity index (χ1) is 9.91. The number of carbonyl (C=O) groups is 1. The Morgan fingerprint density at radius 3 is 2.45 bits per heavy atom. The van der Waals surface area contributed by atoms with Crippen LogP contribution in [0.15, 0.2) is 23.1 Å². The average Bonchev–Trinajstić information content (AvgIpc) is 2.46. The number of primary sulfonamides is 1. The Kier molecular flexibility index (Phi) is 6.61. The van der Waals surface area contributed by atoms with Gasteiger partial charge in [-0.05, 0) is 31.0 Å². The van der Waals surface area contributed by atoms with Crippen LogP contribution in [0.4, 0.5) is 0 Å². The highest BCUT2D eigenvalue weighted by molar-refractivity contribution is 7.89. The molecule has 1 aromatic carbocycles. The van der Waals surface area contributed by atoms with E-state index in [0.717, 1.165) is 32.4 Å².